The fourth-order valence-corrected chi connectivity index (χ4v) is 0.858. The molecule has 1 atom stereocenters. The minimum absolute atomic E-state index is 0.329. The van der Waals surface area contributed by atoms with Crippen LogP contribution in [0.1, 0.15) is 6.42 Å². The van der Waals surface area contributed by atoms with E-state index < -0.39 is 12.1 Å². The molecule has 0 unspecified atom stereocenters. The number of carbonyl (C=O) groups is 1. The van der Waals surface area contributed by atoms with E-state index in [-0.39, 0.29) is 0 Å². The molecule has 0 spiro atoms. The van der Waals surface area contributed by atoms with Crippen molar-refractivity contribution in [3.8, 4) is 0 Å². The van der Waals surface area contributed by atoms with E-state index in [1.807, 2.05) is 0 Å². The van der Waals surface area contributed by atoms with Crippen LogP contribution in [0.5, 0.6) is 0 Å². The zero-order valence-corrected chi connectivity index (χ0v) is 5.96. The van der Waals surface area contributed by atoms with Gasteiger partial charge in [0.05, 0.1) is 6.42 Å². The highest BCUT2D eigenvalue weighted by molar-refractivity contribution is 9.18. The van der Waals surface area contributed by atoms with Gasteiger partial charge in [-0.25, -0.2) is 4.79 Å². The summed E-state index contributed by atoms with van der Waals surface area (Å²) >= 11 is 3.01. The summed E-state index contributed by atoms with van der Waals surface area (Å²) in [6.07, 6.45) is -0.464. The maximum absolute atomic E-state index is 10.1. The Morgan fingerprint density at radius 1 is 2.00 bits per heavy atom. The van der Waals surface area contributed by atoms with Crippen molar-refractivity contribution in [3.63, 3.8) is 0 Å². The van der Waals surface area contributed by atoms with E-state index in [0.29, 0.717) is 11.0 Å². The second-order valence-electron chi connectivity index (χ2n) is 1.60. The van der Waals surface area contributed by atoms with Crippen molar-refractivity contribution in [2.75, 3.05) is 0 Å². The number of hydrogen-bond donors (Lipinski definition) is 1. The number of carboxylic acid groups (broad SMARTS) is 1. The van der Waals surface area contributed by atoms with Gasteiger partial charge in [0.25, 0.3) is 0 Å². The molecule has 0 saturated carbocycles. The largest absolute Gasteiger partial charge is 0.478 e. The van der Waals surface area contributed by atoms with Crippen LogP contribution in [-0.4, -0.2) is 21.8 Å². The molecular formula is C4H4BrNO3. The van der Waals surface area contributed by atoms with Crippen LogP contribution in [0.25, 0.3) is 0 Å². The molecule has 0 aromatic heterocycles. The second kappa shape index (κ2) is 2.34. The zero-order valence-electron chi connectivity index (χ0n) is 4.37. The average Bonchev–Trinajstić information content (AvgIpc) is 2.14. The van der Waals surface area contributed by atoms with Crippen LogP contribution in [0.3, 0.4) is 0 Å². The predicted octanol–water partition coefficient (Wildman–Crippen LogP) is 0.568. The first-order valence-corrected chi connectivity index (χ1v) is 3.10. The lowest BCUT2D eigenvalue weighted by Gasteiger charge is -1.97. The smallest absolute Gasteiger partial charge is 0.348 e. The monoisotopic (exact) mass is 193 g/mol. The molecule has 1 aliphatic heterocycles. The quantitative estimate of drug-likeness (QED) is 0.663. The van der Waals surface area contributed by atoms with E-state index in [9.17, 15) is 4.79 Å². The van der Waals surface area contributed by atoms with Gasteiger partial charge in [0, 0.05) is 0 Å². The fourth-order valence-electron chi connectivity index (χ4n) is 0.481. The molecule has 0 saturated heterocycles. The molecule has 0 fully saturated rings. The Morgan fingerprint density at radius 2 is 2.67 bits per heavy atom. The van der Waals surface area contributed by atoms with E-state index in [1.54, 1.807) is 0 Å². The normalized spacial score (nSPS) is 25.0. The summed E-state index contributed by atoms with van der Waals surface area (Å²) in [4.78, 5) is 14.6. The summed E-state index contributed by atoms with van der Waals surface area (Å²) < 4.78 is 0.551. The van der Waals surface area contributed by atoms with Crippen molar-refractivity contribution >= 4 is 26.5 Å². The van der Waals surface area contributed by atoms with Gasteiger partial charge in [0.1, 0.15) is 4.62 Å². The van der Waals surface area contributed by atoms with Gasteiger partial charge in [-0.2, -0.15) is 0 Å². The molecule has 4 nitrogen and oxygen atoms in total. The van der Waals surface area contributed by atoms with Crippen molar-refractivity contribution in [2.45, 2.75) is 12.5 Å². The molecule has 1 aliphatic rings. The first-order valence-electron chi connectivity index (χ1n) is 2.31. The Labute approximate surface area is 59.6 Å². The number of aliphatic carboxylic acids is 1. The molecule has 1 rings (SSSR count). The highest BCUT2D eigenvalue weighted by Gasteiger charge is 2.25. The zero-order chi connectivity index (χ0) is 6.85. The van der Waals surface area contributed by atoms with E-state index in [1.165, 1.54) is 0 Å². The Bertz CT molecular complexity index is 167. The lowest BCUT2D eigenvalue weighted by molar-refractivity contribution is -0.148. The lowest BCUT2D eigenvalue weighted by atomic mass is 10.3. The first kappa shape index (κ1) is 6.54. The van der Waals surface area contributed by atoms with Crippen LogP contribution in [0.4, 0.5) is 0 Å². The minimum atomic E-state index is -0.979. The third kappa shape index (κ3) is 1.41. The number of nitrogens with zero attached hydrogens (tertiary/aromatic N) is 1. The van der Waals surface area contributed by atoms with Gasteiger partial charge >= 0.3 is 5.97 Å². The number of oxime groups is 1. The molecule has 0 aliphatic carbocycles. The molecule has 0 bridgehead atoms. The van der Waals surface area contributed by atoms with Crippen LogP contribution in [-0.2, 0) is 9.63 Å². The Balaban J connectivity index is 2.47. The molecule has 1 heterocycles. The van der Waals surface area contributed by atoms with Crippen LogP contribution in [0, 0.1) is 0 Å². The summed E-state index contributed by atoms with van der Waals surface area (Å²) in [7, 11) is 0. The molecule has 0 amide bonds. The van der Waals surface area contributed by atoms with Crippen molar-refractivity contribution in [1.82, 2.24) is 0 Å². The lowest BCUT2D eigenvalue weighted by Crippen LogP contribution is -2.18. The molecule has 9 heavy (non-hydrogen) atoms. The molecule has 0 aromatic rings. The summed E-state index contributed by atoms with van der Waals surface area (Å²) in [5.74, 6) is -0.979. The van der Waals surface area contributed by atoms with Gasteiger partial charge in [-0.1, -0.05) is 5.16 Å². The second-order valence-corrected chi connectivity index (χ2v) is 2.52. The molecular weight excluding hydrogens is 190 g/mol. The maximum atomic E-state index is 10.1. The minimum Gasteiger partial charge on any atom is -0.478 e. The molecule has 0 aromatic carbocycles. The summed E-state index contributed by atoms with van der Waals surface area (Å²) in [5, 5.41) is 11.7. The number of carboxylic acids is 1. The summed E-state index contributed by atoms with van der Waals surface area (Å²) in [6.45, 7) is 0. The first-order chi connectivity index (χ1) is 4.20. The number of halogens is 1. The predicted molar refractivity (Wildman–Crippen MR) is 33.5 cm³/mol. The van der Waals surface area contributed by atoms with Gasteiger partial charge in [0.2, 0.25) is 6.10 Å². The summed E-state index contributed by atoms with van der Waals surface area (Å²) in [6, 6.07) is 0. The average molecular weight is 194 g/mol. The van der Waals surface area contributed by atoms with Crippen LogP contribution in [0.15, 0.2) is 5.16 Å². The van der Waals surface area contributed by atoms with E-state index in [2.05, 4.69) is 25.9 Å². The van der Waals surface area contributed by atoms with Gasteiger partial charge in [0.15, 0.2) is 0 Å². The topological polar surface area (TPSA) is 58.9 Å². The SMILES string of the molecule is O=C(O)[C@H]1CC(Br)=NO1. The van der Waals surface area contributed by atoms with Crippen LogP contribution >= 0.6 is 15.9 Å². The van der Waals surface area contributed by atoms with Crippen molar-refractivity contribution < 1.29 is 14.7 Å². The van der Waals surface area contributed by atoms with E-state index >= 15 is 0 Å². The standard InChI is InChI=1S/C4H4BrNO3/c5-3-1-2(4(7)8)9-6-3/h2H,1H2,(H,7,8)/t2-/m1/s1. The Hall–Kier alpha value is -0.580. The molecule has 50 valence electrons. The highest BCUT2D eigenvalue weighted by atomic mass is 79.9. The number of hydrogen-bond acceptors (Lipinski definition) is 3. The van der Waals surface area contributed by atoms with Crippen molar-refractivity contribution in [2.24, 2.45) is 5.16 Å². The van der Waals surface area contributed by atoms with Crippen LogP contribution < -0.4 is 0 Å². The fraction of sp³-hybridized carbons (Fsp3) is 0.500. The van der Waals surface area contributed by atoms with E-state index in [0.717, 1.165) is 0 Å². The van der Waals surface area contributed by atoms with Gasteiger partial charge in [-0.3, -0.25) is 0 Å². The third-order valence-electron chi connectivity index (χ3n) is 0.908. The van der Waals surface area contributed by atoms with Gasteiger partial charge in [-0.05, 0) is 15.9 Å². The van der Waals surface area contributed by atoms with Crippen molar-refractivity contribution in [3.05, 3.63) is 0 Å². The van der Waals surface area contributed by atoms with E-state index in [4.69, 9.17) is 5.11 Å². The highest BCUT2D eigenvalue weighted by Crippen LogP contribution is 2.13. The third-order valence-corrected chi connectivity index (χ3v) is 1.38. The Morgan fingerprint density at radius 3 is 2.89 bits per heavy atom. The van der Waals surface area contributed by atoms with Crippen LogP contribution in [0.2, 0.25) is 0 Å². The summed E-state index contributed by atoms with van der Waals surface area (Å²) in [5.41, 5.74) is 0. The van der Waals surface area contributed by atoms with Gasteiger partial charge < -0.3 is 9.94 Å². The molecule has 1 N–H and O–H groups in total. The number of rotatable bonds is 1. The Kier molecular flexibility index (Phi) is 1.70. The van der Waals surface area contributed by atoms with Crippen molar-refractivity contribution in [1.29, 1.82) is 0 Å². The van der Waals surface area contributed by atoms with Gasteiger partial charge in [-0.15, -0.1) is 0 Å². The maximum Gasteiger partial charge on any atom is 0.348 e. The molecule has 5 heteroatoms. The molecule has 0 radical (unpaired) electrons.